The molecule has 27 heavy (non-hydrogen) atoms. The first-order valence-corrected chi connectivity index (χ1v) is 10.4. The summed E-state index contributed by atoms with van der Waals surface area (Å²) < 4.78 is 42.9. The van der Waals surface area contributed by atoms with Crippen LogP contribution in [0, 0.1) is 0 Å². The normalized spacial score (nSPS) is 11.7. The Morgan fingerprint density at radius 1 is 1.19 bits per heavy atom. The third-order valence-electron chi connectivity index (χ3n) is 3.87. The quantitative estimate of drug-likeness (QED) is 0.564. The molecule has 0 atom stereocenters. The third-order valence-corrected chi connectivity index (χ3v) is 6.65. The van der Waals surface area contributed by atoms with Gasteiger partial charge in [0.2, 0.25) is 21.7 Å². The van der Waals surface area contributed by atoms with Crippen molar-refractivity contribution in [1.29, 1.82) is 0 Å². The second-order valence-electron chi connectivity index (χ2n) is 5.44. The van der Waals surface area contributed by atoms with Crippen molar-refractivity contribution >= 4 is 21.4 Å². The van der Waals surface area contributed by atoms with Crippen molar-refractivity contribution in [3.63, 3.8) is 0 Å². The van der Waals surface area contributed by atoms with Crippen LogP contribution in [-0.4, -0.2) is 43.6 Å². The van der Waals surface area contributed by atoms with Crippen LogP contribution in [0.1, 0.15) is 12.8 Å². The molecule has 2 aromatic heterocycles. The second kappa shape index (κ2) is 8.07. The first-order chi connectivity index (χ1) is 13.0. The number of sulfonamides is 1. The van der Waals surface area contributed by atoms with Crippen molar-refractivity contribution in [2.45, 2.75) is 18.4 Å². The van der Waals surface area contributed by atoms with E-state index in [-0.39, 0.29) is 23.9 Å². The molecule has 0 saturated heterocycles. The number of ether oxygens (including phenoxy) is 2. The van der Waals surface area contributed by atoms with Gasteiger partial charge in [-0.2, -0.15) is 9.29 Å². The fourth-order valence-corrected chi connectivity index (χ4v) is 4.53. The third kappa shape index (κ3) is 3.97. The lowest BCUT2D eigenvalue weighted by molar-refractivity contribution is 0.321. The summed E-state index contributed by atoms with van der Waals surface area (Å²) in [7, 11) is -0.833. The first kappa shape index (κ1) is 19.3. The molecule has 0 spiro atoms. The van der Waals surface area contributed by atoms with Gasteiger partial charge in [0.1, 0.15) is 0 Å². The highest BCUT2D eigenvalue weighted by atomic mass is 32.2. The summed E-state index contributed by atoms with van der Waals surface area (Å²) in [5.41, 5.74) is 0. The summed E-state index contributed by atoms with van der Waals surface area (Å²) in [6, 6.07) is 8.22. The van der Waals surface area contributed by atoms with Gasteiger partial charge >= 0.3 is 0 Å². The number of thiophene rings is 1. The summed E-state index contributed by atoms with van der Waals surface area (Å²) >= 11 is 1.48. The van der Waals surface area contributed by atoms with E-state index in [4.69, 9.17) is 14.0 Å². The van der Waals surface area contributed by atoms with Gasteiger partial charge in [0.05, 0.1) is 30.5 Å². The van der Waals surface area contributed by atoms with Gasteiger partial charge < -0.3 is 14.0 Å². The fourth-order valence-electron chi connectivity index (χ4n) is 2.47. The number of rotatable bonds is 8. The maximum Gasteiger partial charge on any atom is 0.243 e. The topological polar surface area (TPSA) is 94.8 Å². The predicted octanol–water partition coefficient (Wildman–Crippen LogP) is 3.03. The van der Waals surface area contributed by atoms with E-state index < -0.39 is 10.0 Å². The average Bonchev–Trinajstić information content (AvgIpc) is 3.36. The summed E-state index contributed by atoms with van der Waals surface area (Å²) in [5.74, 6) is 1.47. The predicted molar refractivity (Wildman–Crippen MR) is 100 cm³/mol. The van der Waals surface area contributed by atoms with Gasteiger partial charge in [-0.15, -0.1) is 11.3 Å². The Bertz CT molecular complexity index is 1000. The zero-order chi connectivity index (χ0) is 19.4. The zero-order valence-electron chi connectivity index (χ0n) is 15.1. The summed E-state index contributed by atoms with van der Waals surface area (Å²) in [6.45, 7) is 1.97. The second-order valence-corrected chi connectivity index (χ2v) is 8.32. The molecule has 1 aromatic carbocycles. The standard InChI is InChI=1S/C17H19N3O5S2/c1-4-20(11-16-18-17(19-25-16)15-6-5-9-26-15)27(21,22)12-7-8-13(23-2)14(10-12)24-3/h5-10H,4,11H2,1-3H3. The van der Waals surface area contributed by atoms with E-state index in [1.165, 1.54) is 42.0 Å². The molecule has 0 unspecified atom stereocenters. The molecular formula is C17H19N3O5S2. The lowest BCUT2D eigenvalue weighted by atomic mass is 10.3. The molecule has 0 aliphatic heterocycles. The van der Waals surface area contributed by atoms with Crippen molar-refractivity contribution in [2.24, 2.45) is 0 Å². The van der Waals surface area contributed by atoms with E-state index in [0.717, 1.165) is 4.88 Å². The van der Waals surface area contributed by atoms with E-state index >= 15 is 0 Å². The highest BCUT2D eigenvalue weighted by Crippen LogP contribution is 2.31. The molecule has 10 heteroatoms. The number of benzene rings is 1. The number of nitrogens with zero attached hydrogens (tertiary/aromatic N) is 3. The Kier molecular flexibility index (Phi) is 5.78. The Morgan fingerprint density at radius 3 is 2.59 bits per heavy atom. The molecule has 0 N–H and O–H groups in total. The number of hydrogen-bond acceptors (Lipinski definition) is 8. The lowest BCUT2D eigenvalue weighted by Gasteiger charge is -2.19. The largest absolute Gasteiger partial charge is 0.493 e. The lowest BCUT2D eigenvalue weighted by Crippen LogP contribution is -2.30. The van der Waals surface area contributed by atoms with E-state index in [2.05, 4.69) is 10.1 Å². The van der Waals surface area contributed by atoms with E-state index in [0.29, 0.717) is 17.3 Å². The summed E-state index contributed by atoms with van der Waals surface area (Å²) in [6.07, 6.45) is 0. The molecule has 0 amide bonds. The molecular weight excluding hydrogens is 390 g/mol. The summed E-state index contributed by atoms with van der Waals surface area (Å²) in [4.78, 5) is 5.25. The zero-order valence-corrected chi connectivity index (χ0v) is 16.7. The Balaban J connectivity index is 1.86. The molecule has 3 rings (SSSR count). The minimum atomic E-state index is -3.78. The maximum absolute atomic E-state index is 13.0. The van der Waals surface area contributed by atoms with Crippen LogP contribution in [0.25, 0.3) is 10.7 Å². The van der Waals surface area contributed by atoms with Crippen LogP contribution in [0.4, 0.5) is 0 Å². The van der Waals surface area contributed by atoms with Crippen LogP contribution in [0.3, 0.4) is 0 Å². The van der Waals surface area contributed by atoms with Crippen LogP contribution >= 0.6 is 11.3 Å². The van der Waals surface area contributed by atoms with Gasteiger partial charge in [-0.3, -0.25) is 0 Å². The summed E-state index contributed by atoms with van der Waals surface area (Å²) in [5, 5.41) is 5.83. The molecule has 8 nitrogen and oxygen atoms in total. The van der Waals surface area contributed by atoms with Crippen molar-refractivity contribution in [3.8, 4) is 22.2 Å². The van der Waals surface area contributed by atoms with Gasteiger partial charge in [0.25, 0.3) is 0 Å². The molecule has 2 heterocycles. The van der Waals surface area contributed by atoms with Gasteiger partial charge in [0.15, 0.2) is 11.5 Å². The van der Waals surface area contributed by atoms with Crippen LogP contribution in [0.2, 0.25) is 0 Å². The molecule has 0 fully saturated rings. The highest BCUT2D eigenvalue weighted by molar-refractivity contribution is 7.89. The van der Waals surface area contributed by atoms with E-state index in [1.807, 2.05) is 17.5 Å². The van der Waals surface area contributed by atoms with Crippen LogP contribution in [-0.2, 0) is 16.6 Å². The first-order valence-electron chi connectivity index (χ1n) is 8.08. The van der Waals surface area contributed by atoms with Crippen LogP contribution in [0.5, 0.6) is 11.5 Å². The molecule has 3 aromatic rings. The van der Waals surface area contributed by atoms with Crippen LogP contribution in [0.15, 0.2) is 45.1 Å². The Labute approximate surface area is 161 Å². The minimum Gasteiger partial charge on any atom is -0.493 e. The molecule has 0 saturated carbocycles. The van der Waals surface area contributed by atoms with Gasteiger partial charge in [-0.05, 0) is 23.6 Å². The molecule has 0 bridgehead atoms. The highest BCUT2D eigenvalue weighted by Gasteiger charge is 2.26. The molecule has 144 valence electrons. The maximum atomic E-state index is 13.0. The number of hydrogen-bond donors (Lipinski definition) is 0. The molecule has 0 aliphatic rings. The van der Waals surface area contributed by atoms with Crippen molar-refractivity contribution in [1.82, 2.24) is 14.4 Å². The molecule has 0 radical (unpaired) electrons. The van der Waals surface area contributed by atoms with Crippen molar-refractivity contribution < 1.29 is 22.4 Å². The smallest absolute Gasteiger partial charge is 0.243 e. The van der Waals surface area contributed by atoms with Gasteiger partial charge in [-0.1, -0.05) is 18.1 Å². The van der Waals surface area contributed by atoms with E-state index in [1.54, 1.807) is 13.0 Å². The Morgan fingerprint density at radius 2 is 1.96 bits per heavy atom. The monoisotopic (exact) mass is 409 g/mol. The van der Waals surface area contributed by atoms with Crippen molar-refractivity contribution in [3.05, 3.63) is 41.6 Å². The Hall–Kier alpha value is -2.43. The van der Waals surface area contributed by atoms with E-state index in [9.17, 15) is 8.42 Å². The number of methoxy groups -OCH3 is 2. The SMILES string of the molecule is CCN(Cc1nc(-c2cccs2)no1)S(=O)(=O)c1ccc(OC)c(OC)c1. The number of aromatic nitrogens is 2. The van der Waals surface area contributed by atoms with Gasteiger partial charge in [-0.25, -0.2) is 8.42 Å². The fraction of sp³-hybridized carbons (Fsp3) is 0.294. The van der Waals surface area contributed by atoms with Crippen molar-refractivity contribution in [2.75, 3.05) is 20.8 Å². The minimum absolute atomic E-state index is 0.0223. The average molecular weight is 409 g/mol. The van der Waals surface area contributed by atoms with Crippen LogP contribution < -0.4 is 9.47 Å². The van der Waals surface area contributed by atoms with Gasteiger partial charge in [0, 0.05) is 12.6 Å². The molecule has 0 aliphatic carbocycles.